The molecule has 1 amide bonds. The highest BCUT2D eigenvalue weighted by atomic mass is 32.2. The number of sulfonamides is 1. The van der Waals surface area contributed by atoms with Crippen LogP contribution in [0.4, 0.5) is 5.69 Å². The number of hydrogen-bond donors (Lipinski definition) is 2. The third-order valence-corrected chi connectivity index (χ3v) is 5.71. The Hall–Kier alpha value is -3.20. The van der Waals surface area contributed by atoms with Crippen LogP contribution in [0.3, 0.4) is 0 Å². The van der Waals surface area contributed by atoms with Crippen molar-refractivity contribution in [3.63, 3.8) is 0 Å². The van der Waals surface area contributed by atoms with Gasteiger partial charge in [-0.25, -0.2) is 8.42 Å². The lowest BCUT2D eigenvalue weighted by molar-refractivity contribution is 0.0907. The van der Waals surface area contributed by atoms with E-state index in [9.17, 15) is 13.2 Å². The molecule has 0 bridgehead atoms. The summed E-state index contributed by atoms with van der Waals surface area (Å²) >= 11 is 0. The van der Waals surface area contributed by atoms with Gasteiger partial charge in [0.15, 0.2) is 5.82 Å². The Morgan fingerprint density at radius 3 is 2.28 bits per heavy atom. The summed E-state index contributed by atoms with van der Waals surface area (Å²) in [5.74, 6) is 0.372. The molecular weight excluding hydrogens is 392 g/mol. The van der Waals surface area contributed by atoms with Gasteiger partial charge in [-0.3, -0.25) is 9.52 Å². The highest BCUT2D eigenvalue weighted by Gasteiger charge is 2.28. The standard InChI is InChI=1S/C20H22N4O4S/c1-13-7-5-6-8-17(13)24-29(26,27)16-11-9-15(10-12-16)18(25)22-20(3,4)19-21-14(2)28-23-19/h5-12,24H,1-4H3,(H,22,25). The number of rotatable bonds is 6. The summed E-state index contributed by atoms with van der Waals surface area (Å²) in [6, 6.07) is 12.8. The monoisotopic (exact) mass is 414 g/mol. The Balaban J connectivity index is 1.75. The van der Waals surface area contributed by atoms with Gasteiger partial charge >= 0.3 is 0 Å². The number of benzene rings is 2. The average Bonchev–Trinajstić information content (AvgIpc) is 3.11. The lowest BCUT2D eigenvalue weighted by atomic mass is 10.0. The molecule has 0 aliphatic heterocycles. The summed E-state index contributed by atoms with van der Waals surface area (Å²) in [4.78, 5) is 16.8. The van der Waals surface area contributed by atoms with Gasteiger partial charge in [0.05, 0.1) is 16.1 Å². The molecule has 0 saturated heterocycles. The van der Waals surface area contributed by atoms with Crippen LogP contribution in [0.1, 0.15) is 41.5 Å². The molecule has 1 heterocycles. The number of anilines is 1. The van der Waals surface area contributed by atoms with Crippen molar-refractivity contribution in [3.05, 3.63) is 71.4 Å². The molecule has 1 aromatic heterocycles. The Bertz CT molecular complexity index is 1140. The zero-order chi connectivity index (χ0) is 21.2. The number of carbonyl (C=O) groups is 1. The fourth-order valence-electron chi connectivity index (χ4n) is 2.64. The predicted octanol–water partition coefficient (Wildman–Crippen LogP) is 3.15. The third-order valence-electron chi connectivity index (χ3n) is 4.33. The molecule has 0 atom stereocenters. The molecule has 0 saturated carbocycles. The average molecular weight is 414 g/mol. The van der Waals surface area contributed by atoms with Crippen molar-refractivity contribution in [2.45, 2.75) is 38.1 Å². The largest absolute Gasteiger partial charge is 0.340 e. The lowest BCUT2D eigenvalue weighted by Crippen LogP contribution is -2.41. The van der Waals surface area contributed by atoms with Crippen molar-refractivity contribution in [1.82, 2.24) is 15.5 Å². The second-order valence-corrected chi connectivity index (χ2v) is 8.84. The molecule has 2 N–H and O–H groups in total. The van der Waals surface area contributed by atoms with E-state index in [1.807, 2.05) is 19.1 Å². The SMILES string of the molecule is Cc1nc(C(C)(C)NC(=O)c2ccc(S(=O)(=O)Nc3ccccc3C)cc2)no1. The number of hydrogen-bond acceptors (Lipinski definition) is 6. The highest BCUT2D eigenvalue weighted by Crippen LogP contribution is 2.21. The topological polar surface area (TPSA) is 114 Å². The van der Waals surface area contributed by atoms with E-state index in [1.165, 1.54) is 24.3 Å². The maximum Gasteiger partial charge on any atom is 0.261 e. The molecular formula is C20H22N4O4S. The van der Waals surface area contributed by atoms with Crippen LogP contribution in [0.15, 0.2) is 57.9 Å². The van der Waals surface area contributed by atoms with Gasteiger partial charge in [0.2, 0.25) is 5.89 Å². The normalized spacial score (nSPS) is 11.9. The smallest absolute Gasteiger partial charge is 0.261 e. The van der Waals surface area contributed by atoms with Crippen LogP contribution in [0, 0.1) is 13.8 Å². The zero-order valence-electron chi connectivity index (χ0n) is 16.6. The van der Waals surface area contributed by atoms with E-state index >= 15 is 0 Å². The summed E-state index contributed by atoms with van der Waals surface area (Å²) in [7, 11) is -3.77. The van der Waals surface area contributed by atoms with Gasteiger partial charge in [0.25, 0.3) is 15.9 Å². The molecule has 3 rings (SSSR count). The fraction of sp³-hybridized carbons (Fsp3) is 0.250. The number of aromatic nitrogens is 2. The maximum atomic E-state index is 12.6. The number of nitrogens with zero attached hydrogens (tertiary/aromatic N) is 2. The summed E-state index contributed by atoms with van der Waals surface area (Å²) in [5.41, 5.74) is 0.775. The first-order valence-electron chi connectivity index (χ1n) is 8.90. The third kappa shape index (κ3) is 4.62. The molecule has 0 aliphatic carbocycles. The van der Waals surface area contributed by atoms with Crippen molar-refractivity contribution in [2.75, 3.05) is 4.72 Å². The first kappa shape index (κ1) is 20.5. The minimum Gasteiger partial charge on any atom is -0.340 e. The van der Waals surface area contributed by atoms with Crippen LogP contribution in [0.2, 0.25) is 0 Å². The summed E-state index contributed by atoms with van der Waals surface area (Å²) < 4.78 is 32.7. The molecule has 3 aromatic rings. The minimum atomic E-state index is -3.77. The van der Waals surface area contributed by atoms with Crippen LogP contribution >= 0.6 is 0 Å². The summed E-state index contributed by atoms with van der Waals surface area (Å²) in [6.45, 7) is 6.98. The fourth-order valence-corrected chi connectivity index (χ4v) is 3.77. The Labute approximate surface area is 169 Å². The molecule has 0 aliphatic rings. The molecule has 29 heavy (non-hydrogen) atoms. The molecule has 0 spiro atoms. The van der Waals surface area contributed by atoms with E-state index in [2.05, 4.69) is 20.2 Å². The van der Waals surface area contributed by atoms with Gasteiger partial charge in [-0.15, -0.1) is 0 Å². The number of para-hydroxylation sites is 1. The van der Waals surface area contributed by atoms with E-state index < -0.39 is 15.6 Å². The van der Waals surface area contributed by atoms with Gasteiger partial charge < -0.3 is 9.84 Å². The van der Waals surface area contributed by atoms with E-state index in [4.69, 9.17) is 4.52 Å². The van der Waals surface area contributed by atoms with E-state index in [0.717, 1.165) is 5.56 Å². The van der Waals surface area contributed by atoms with Crippen LogP contribution in [0.25, 0.3) is 0 Å². The van der Waals surface area contributed by atoms with Crippen molar-refractivity contribution >= 4 is 21.6 Å². The first-order chi connectivity index (χ1) is 13.6. The quantitative estimate of drug-likeness (QED) is 0.640. The van der Waals surface area contributed by atoms with Gasteiger partial charge in [-0.05, 0) is 56.7 Å². The molecule has 0 radical (unpaired) electrons. The van der Waals surface area contributed by atoms with Crippen LogP contribution in [-0.2, 0) is 15.6 Å². The first-order valence-corrected chi connectivity index (χ1v) is 10.4. The minimum absolute atomic E-state index is 0.0605. The van der Waals surface area contributed by atoms with Crippen LogP contribution in [0.5, 0.6) is 0 Å². The molecule has 2 aromatic carbocycles. The van der Waals surface area contributed by atoms with Crippen molar-refractivity contribution in [3.8, 4) is 0 Å². The Morgan fingerprint density at radius 2 is 1.69 bits per heavy atom. The van der Waals surface area contributed by atoms with Gasteiger partial charge in [-0.1, -0.05) is 23.4 Å². The Morgan fingerprint density at radius 1 is 1.03 bits per heavy atom. The van der Waals surface area contributed by atoms with Gasteiger partial charge in [0, 0.05) is 12.5 Å². The lowest BCUT2D eigenvalue weighted by Gasteiger charge is -2.22. The van der Waals surface area contributed by atoms with E-state index in [1.54, 1.807) is 32.9 Å². The summed E-state index contributed by atoms with van der Waals surface area (Å²) in [5, 5.41) is 6.66. The van der Waals surface area contributed by atoms with Crippen molar-refractivity contribution in [1.29, 1.82) is 0 Å². The van der Waals surface area contributed by atoms with Crippen molar-refractivity contribution < 1.29 is 17.7 Å². The highest BCUT2D eigenvalue weighted by molar-refractivity contribution is 7.92. The molecule has 152 valence electrons. The van der Waals surface area contributed by atoms with Gasteiger partial charge in [-0.2, -0.15) is 4.98 Å². The molecule has 9 heteroatoms. The number of aryl methyl sites for hydroxylation is 2. The second-order valence-electron chi connectivity index (χ2n) is 7.16. The Kier molecular flexibility index (Phi) is 5.43. The summed E-state index contributed by atoms with van der Waals surface area (Å²) in [6.07, 6.45) is 0. The van der Waals surface area contributed by atoms with Crippen LogP contribution < -0.4 is 10.0 Å². The van der Waals surface area contributed by atoms with Gasteiger partial charge in [0.1, 0.15) is 0 Å². The predicted molar refractivity (Wildman–Crippen MR) is 108 cm³/mol. The van der Waals surface area contributed by atoms with E-state index in [0.29, 0.717) is 23.0 Å². The number of nitrogens with one attached hydrogen (secondary N) is 2. The zero-order valence-corrected chi connectivity index (χ0v) is 17.4. The number of carbonyl (C=O) groups excluding carboxylic acids is 1. The number of amides is 1. The molecule has 8 nitrogen and oxygen atoms in total. The van der Waals surface area contributed by atoms with E-state index in [-0.39, 0.29) is 10.8 Å². The van der Waals surface area contributed by atoms with Crippen LogP contribution in [-0.4, -0.2) is 24.5 Å². The van der Waals surface area contributed by atoms with Crippen molar-refractivity contribution in [2.24, 2.45) is 0 Å². The molecule has 0 unspecified atom stereocenters. The maximum absolute atomic E-state index is 12.6. The second kappa shape index (κ2) is 7.67. The molecule has 0 fully saturated rings.